The predicted octanol–water partition coefficient (Wildman–Crippen LogP) is 3.68. The predicted molar refractivity (Wildman–Crippen MR) is 82.9 cm³/mol. The first-order chi connectivity index (χ1) is 10.4. The summed E-state index contributed by atoms with van der Waals surface area (Å²) < 4.78 is 15.2. The van der Waals surface area contributed by atoms with Crippen molar-refractivity contribution in [3.05, 3.63) is 11.6 Å². The fraction of sp³-hybridized carbons (Fsp3) is 0.842. The van der Waals surface area contributed by atoms with Gasteiger partial charge < -0.3 is 5.11 Å². The Kier molecular flexibility index (Phi) is 3.31. The minimum Gasteiger partial charge on any atom is -0.393 e. The molecule has 0 amide bonds. The molecule has 0 aromatic heterocycles. The minimum atomic E-state index is -0.830. The lowest BCUT2D eigenvalue weighted by molar-refractivity contribution is -0.120. The molecule has 0 radical (unpaired) electrons. The molecule has 0 aromatic rings. The first-order valence-electron chi connectivity index (χ1n) is 8.97. The molecule has 0 heterocycles. The average Bonchev–Trinajstić information content (AvgIpc) is 2.74. The number of aliphatic hydroxyl groups excluding tert-OH is 1. The lowest BCUT2D eigenvalue weighted by Gasteiger charge is -2.56. The number of aliphatic hydroxyl groups is 1. The molecule has 22 heavy (non-hydrogen) atoms. The second kappa shape index (κ2) is 4.90. The first kappa shape index (κ1) is 14.9. The quantitative estimate of drug-likeness (QED) is 0.741. The Morgan fingerprint density at radius 1 is 1.27 bits per heavy atom. The molecule has 3 heteroatoms. The van der Waals surface area contributed by atoms with Gasteiger partial charge in [-0.2, -0.15) is 0 Å². The van der Waals surface area contributed by atoms with E-state index in [1.165, 1.54) is 5.57 Å². The summed E-state index contributed by atoms with van der Waals surface area (Å²) in [7, 11) is 0. The van der Waals surface area contributed by atoms with E-state index < -0.39 is 6.17 Å². The van der Waals surface area contributed by atoms with Crippen molar-refractivity contribution in [1.82, 2.24) is 0 Å². The molecule has 4 aliphatic carbocycles. The minimum absolute atomic E-state index is 0.0754. The highest BCUT2D eigenvalue weighted by atomic mass is 19.1. The van der Waals surface area contributed by atoms with E-state index in [2.05, 4.69) is 13.8 Å². The summed E-state index contributed by atoms with van der Waals surface area (Å²) in [6, 6.07) is 0. The molecule has 2 nitrogen and oxygen atoms in total. The maximum absolute atomic E-state index is 15.2. The molecule has 122 valence electrons. The van der Waals surface area contributed by atoms with E-state index in [0.717, 1.165) is 25.7 Å². The van der Waals surface area contributed by atoms with Crippen molar-refractivity contribution in [2.45, 2.75) is 64.6 Å². The van der Waals surface area contributed by atoms with Gasteiger partial charge in [0.05, 0.1) is 6.10 Å². The largest absolute Gasteiger partial charge is 0.393 e. The zero-order valence-electron chi connectivity index (χ0n) is 13.6. The number of rotatable bonds is 0. The van der Waals surface area contributed by atoms with Crippen LogP contribution in [-0.2, 0) is 4.79 Å². The van der Waals surface area contributed by atoms with Gasteiger partial charge in [-0.3, -0.25) is 4.79 Å². The van der Waals surface area contributed by atoms with Crippen molar-refractivity contribution >= 4 is 5.78 Å². The van der Waals surface area contributed by atoms with Gasteiger partial charge in [-0.05, 0) is 67.3 Å². The number of halogens is 1. The van der Waals surface area contributed by atoms with E-state index >= 15 is 4.39 Å². The van der Waals surface area contributed by atoms with E-state index in [1.807, 2.05) is 6.08 Å². The second-order valence-corrected chi connectivity index (χ2v) is 8.59. The Morgan fingerprint density at radius 2 is 2.05 bits per heavy atom. The van der Waals surface area contributed by atoms with Crippen LogP contribution in [0.5, 0.6) is 0 Å². The van der Waals surface area contributed by atoms with Gasteiger partial charge in [0.2, 0.25) is 0 Å². The van der Waals surface area contributed by atoms with Crippen LogP contribution in [-0.4, -0.2) is 23.2 Å². The second-order valence-electron chi connectivity index (χ2n) is 8.59. The summed E-state index contributed by atoms with van der Waals surface area (Å²) in [5.41, 5.74) is 0.982. The van der Waals surface area contributed by atoms with E-state index in [1.54, 1.807) is 0 Å². The van der Waals surface area contributed by atoms with E-state index in [-0.39, 0.29) is 29.1 Å². The molecule has 4 aliphatic rings. The van der Waals surface area contributed by atoms with Gasteiger partial charge in [0.15, 0.2) is 5.78 Å². The van der Waals surface area contributed by atoms with Gasteiger partial charge in [-0.1, -0.05) is 19.4 Å². The molecule has 4 rings (SSSR count). The third kappa shape index (κ3) is 1.90. The summed E-state index contributed by atoms with van der Waals surface area (Å²) in [6.45, 7) is 4.34. The third-order valence-corrected chi connectivity index (χ3v) is 7.52. The number of allylic oxidation sites excluding steroid dienone is 1. The van der Waals surface area contributed by atoms with Crippen molar-refractivity contribution < 1.29 is 14.3 Å². The molecule has 0 bridgehead atoms. The van der Waals surface area contributed by atoms with Crippen molar-refractivity contribution in [3.8, 4) is 0 Å². The summed E-state index contributed by atoms with van der Waals surface area (Å²) >= 11 is 0. The number of carbonyl (C=O) groups is 1. The van der Waals surface area contributed by atoms with Crippen LogP contribution in [0, 0.1) is 35.0 Å². The number of hydrogen-bond donors (Lipinski definition) is 1. The third-order valence-electron chi connectivity index (χ3n) is 7.52. The topological polar surface area (TPSA) is 37.3 Å². The smallest absolute Gasteiger partial charge is 0.155 e. The summed E-state index contributed by atoms with van der Waals surface area (Å²) in [4.78, 5) is 11.7. The lowest BCUT2D eigenvalue weighted by Crippen LogP contribution is -2.54. The Balaban J connectivity index is 1.73. The maximum atomic E-state index is 15.2. The fourth-order valence-corrected chi connectivity index (χ4v) is 6.55. The standard InChI is InChI=1S/C19H27FO2/c1-10-7-11-8-12(21)3-4-13(11)18-15(20)9-19(2)14(17(10)18)5-6-16(19)22/h8,10,13-18,22H,3-7,9H2,1-2H3/t10?,13-,14-,15-,16-,17-,18-,19-/m0/s1. The van der Waals surface area contributed by atoms with Crippen LogP contribution in [0.1, 0.15) is 52.4 Å². The molecule has 0 spiro atoms. The highest BCUT2D eigenvalue weighted by Gasteiger charge is 2.61. The Morgan fingerprint density at radius 3 is 2.82 bits per heavy atom. The average molecular weight is 306 g/mol. The van der Waals surface area contributed by atoms with E-state index in [9.17, 15) is 9.90 Å². The van der Waals surface area contributed by atoms with Gasteiger partial charge in [-0.15, -0.1) is 0 Å². The maximum Gasteiger partial charge on any atom is 0.155 e. The van der Waals surface area contributed by atoms with Crippen molar-refractivity contribution in [2.24, 2.45) is 35.0 Å². The molecule has 0 saturated heterocycles. The molecular formula is C19H27FO2. The fourth-order valence-electron chi connectivity index (χ4n) is 6.55. The molecule has 3 fully saturated rings. The highest BCUT2D eigenvalue weighted by molar-refractivity contribution is 5.91. The molecular weight excluding hydrogens is 279 g/mol. The summed E-state index contributed by atoms with van der Waals surface area (Å²) in [6.07, 6.45) is 5.41. The zero-order chi connectivity index (χ0) is 15.6. The molecule has 1 unspecified atom stereocenters. The van der Waals surface area contributed by atoms with Crippen LogP contribution < -0.4 is 0 Å². The van der Waals surface area contributed by atoms with Crippen molar-refractivity contribution in [3.63, 3.8) is 0 Å². The SMILES string of the molecule is CC1CC2=CC(=O)CC[C@@H]2[C@@H]2[C@@H]1[C@@H]1CC[C@H](O)[C@@]1(C)C[C@@H]2F. The Hall–Kier alpha value is -0.700. The monoisotopic (exact) mass is 306 g/mol. The Bertz CT molecular complexity index is 528. The van der Waals surface area contributed by atoms with Gasteiger partial charge in [0.25, 0.3) is 0 Å². The Labute approximate surface area is 132 Å². The van der Waals surface area contributed by atoms with Crippen molar-refractivity contribution in [2.75, 3.05) is 0 Å². The van der Waals surface area contributed by atoms with Gasteiger partial charge >= 0.3 is 0 Å². The van der Waals surface area contributed by atoms with Crippen LogP contribution >= 0.6 is 0 Å². The van der Waals surface area contributed by atoms with Crippen LogP contribution in [0.15, 0.2) is 11.6 Å². The van der Waals surface area contributed by atoms with Gasteiger partial charge in [0, 0.05) is 12.3 Å². The lowest BCUT2D eigenvalue weighted by atomic mass is 9.49. The van der Waals surface area contributed by atoms with Crippen LogP contribution in [0.2, 0.25) is 0 Å². The molecule has 3 saturated carbocycles. The molecule has 0 aromatic carbocycles. The van der Waals surface area contributed by atoms with E-state index in [4.69, 9.17) is 0 Å². The van der Waals surface area contributed by atoms with Crippen molar-refractivity contribution in [1.29, 1.82) is 0 Å². The number of carbonyl (C=O) groups excluding carboxylic acids is 1. The molecule has 1 N–H and O–H groups in total. The molecule has 0 aliphatic heterocycles. The van der Waals surface area contributed by atoms with Gasteiger partial charge in [0.1, 0.15) is 6.17 Å². The number of fused-ring (bicyclic) bond motifs is 5. The van der Waals surface area contributed by atoms with Crippen LogP contribution in [0.4, 0.5) is 4.39 Å². The summed E-state index contributed by atoms with van der Waals surface area (Å²) in [5.74, 6) is 1.83. The molecule has 8 atom stereocenters. The first-order valence-corrected chi connectivity index (χ1v) is 8.97. The number of ketones is 1. The van der Waals surface area contributed by atoms with Crippen LogP contribution in [0.3, 0.4) is 0 Å². The highest BCUT2D eigenvalue weighted by Crippen LogP contribution is 2.63. The number of alkyl halides is 1. The zero-order valence-corrected chi connectivity index (χ0v) is 13.6. The normalized spacial score (nSPS) is 54.3. The van der Waals surface area contributed by atoms with E-state index in [0.29, 0.717) is 30.6 Å². The van der Waals surface area contributed by atoms with Gasteiger partial charge in [-0.25, -0.2) is 4.39 Å². The van der Waals surface area contributed by atoms with Crippen LogP contribution in [0.25, 0.3) is 0 Å². The summed E-state index contributed by atoms with van der Waals surface area (Å²) in [5, 5.41) is 10.4. The number of hydrogen-bond acceptors (Lipinski definition) is 2.